The summed E-state index contributed by atoms with van der Waals surface area (Å²) in [6.45, 7) is 6.48. The van der Waals surface area contributed by atoms with Crippen molar-refractivity contribution in [1.82, 2.24) is 0 Å². The van der Waals surface area contributed by atoms with Gasteiger partial charge in [0, 0.05) is 0 Å². The first-order chi connectivity index (χ1) is 12.7. The predicted octanol–water partition coefficient (Wildman–Crippen LogP) is 9.46. The van der Waals surface area contributed by atoms with E-state index in [2.05, 4.69) is 104 Å². The van der Waals surface area contributed by atoms with Gasteiger partial charge in [0.2, 0.25) is 0 Å². The number of hydrogen-bond donors (Lipinski definition) is 0. The fraction of sp³-hybridized carbons (Fsp3) is 0.346. The number of fused-ring (bicyclic) bond motifs is 2. The number of benzene rings is 2. The second-order valence-corrected chi connectivity index (χ2v) is 93.9. The Hall–Kier alpha value is -0.747. The molecule has 3 heteroatoms. The van der Waals surface area contributed by atoms with E-state index < -0.39 is 9.97 Å². The molecule has 0 saturated heterocycles. The Morgan fingerprint density at radius 2 is 1.03 bits per heavy atom. The zero-order valence-electron chi connectivity index (χ0n) is 18.8. The average molecular weight is 509 g/mol. The first-order valence-electron chi connectivity index (χ1n) is 10.8. The molecule has 0 saturated carbocycles. The molecule has 0 heterocycles. The Morgan fingerprint density at radius 1 is 0.690 bits per heavy atom. The van der Waals surface area contributed by atoms with E-state index in [0.717, 1.165) is 0 Å². The number of halogens is 2. The molecule has 2 aromatic rings. The van der Waals surface area contributed by atoms with E-state index in [1.54, 1.807) is 0 Å². The third kappa shape index (κ3) is 2.39. The van der Waals surface area contributed by atoms with Crippen LogP contribution in [0.4, 0.5) is 0 Å². The van der Waals surface area contributed by atoms with Crippen LogP contribution < -0.4 is 0 Å². The van der Waals surface area contributed by atoms with Gasteiger partial charge in [0.1, 0.15) is 0 Å². The van der Waals surface area contributed by atoms with Crippen LogP contribution in [0.15, 0.2) is 59.7 Å². The van der Waals surface area contributed by atoms with Crippen LogP contribution in [0.3, 0.4) is 0 Å². The second kappa shape index (κ2) is 3.81. The molecule has 0 amide bonds. The molecule has 4 rings (SSSR count). The van der Waals surface area contributed by atoms with Gasteiger partial charge in [-0.05, 0) is 0 Å². The molecule has 0 fully saturated rings. The quantitative estimate of drug-likeness (QED) is 0.379. The van der Waals surface area contributed by atoms with Crippen LogP contribution in [0.5, 0.6) is 0 Å². The predicted molar refractivity (Wildman–Crippen MR) is 133 cm³/mol. The molecular formula is C26H34Cl2Zr. The number of allylic oxidation sites excluding steroid dienone is 2. The van der Waals surface area contributed by atoms with Gasteiger partial charge in [0.05, 0.1) is 0 Å². The summed E-state index contributed by atoms with van der Waals surface area (Å²) in [4.78, 5) is 0. The van der Waals surface area contributed by atoms with Crippen LogP contribution in [-0.4, -0.2) is 3.71 Å². The molecule has 156 valence electrons. The van der Waals surface area contributed by atoms with Crippen molar-refractivity contribution >= 4 is 32.9 Å². The maximum atomic E-state index is 8.65. The van der Waals surface area contributed by atoms with E-state index in [1.165, 1.54) is 33.4 Å². The normalized spacial score (nSPS) is 28.1. The minimum atomic E-state index is -6.75. The molecule has 0 bridgehead atoms. The molecule has 0 aromatic heterocycles. The zero-order valence-corrected chi connectivity index (χ0v) is 22.7. The van der Waals surface area contributed by atoms with Gasteiger partial charge in [-0.1, -0.05) is 0 Å². The van der Waals surface area contributed by atoms with E-state index in [4.69, 9.17) is 17.0 Å². The molecule has 29 heavy (non-hydrogen) atoms. The van der Waals surface area contributed by atoms with Gasteiger partial charge < -0.3 is 0 Å². The summed E-state index contributed by atoms with van der Waals surface area (Å²) >= 11 is 0. The molecule has 2 aromatic carbocycles. The molecule has 0 N–H and O–H groups in total. The van der Waals surface area contributed by atoms with Crippen molar-refractivity contribution in [3.05, 3.63) is 81.9 Å². The fourth-order valence-electron chi connectivity index (χ4n) is 7.99. The Bertz CT molecular complexity index is 1290. The average Bonchev–Trinajstić information content (AvgIpc) is 3.11. The summed E-state index contributed by atoms with van der Waals surface area (Å²) in [6, 6.07) is 17.2. The zero-order chi connectivity index (χ0) is 21.7. The first-order valence-corrected chi connectivity index (χ1v) is 31.2. The van der Waals surface area contributed by atoms with Crippen LogP contribution in [-0.2, 0) is 9.97 Å². The van der Waals surface area contributed by atoms with Gasteiger partial charge in [0.15, 0.2) is 0 Å². The summed E-state index contributed by atoms with van der Waals surface area (Å²) in [5, 5.41) is 0. The van der Waals surface area contributed by atoms with E-state index in [9.17, 15) is 0 Å². The van der Waals surface area contributed by atoms with Crippen molar-refractivity contribution < 1.29 is 9.97 Å². The van der Waals surface area contributed by atoms with Crippen LogP contribution in [0.25, 0.3) is 12.2 Å². The van der Waals surface area contributed by atoms with Gasteiger partial charge in [0.25, 0.3) is 0 Å². The summed E-state index contributed by atoms with van der Waals surface area (Å²) in [5.74, 6) is 0. The summed E-state index contributed by atoms with van der Waals surface area (Å²) < 4.78 is 11.0. The van der Waals surface area contributed by atoms with Gasteiger partial charge in [-0.15, -0.1) is 0 Å². The molecule has 2 unspecified atom stereocenters. The van der Waals surface area contributed by atoms with Gasteiger partial charge >= 0.3 is 171 Å². The topological polar surface area (TPSA) is 0 Å². The van der Waals surface area contributed by atoms with Crippen molar-refractivity contribution in [3.8, 4) is 0 Å². The van der Waals surface area contributed by atoms with Crippen LogP contribution in [0.1, 0.15) is 50.3 Å². The number of hydrogen-bond acceptors (Lipinski definition) is 0. The molecule has 2 aliphatic carbocycles. The van der Waals surface area contributed by atoms with E-state index in [0.29, 0.717) is 0 Å². The second-order valence-electron chi connectivity index (χ2n) is 15.4. The van der Waals surface area contributed by atoms with Crippen molar-refractivity contribution in [2.45, 2.75) is 46.5 Å². The molecule has 0 radical (unpaired) electrons. The molecule has 0 nitrogen and oxygen atoms in total. The summed E-state index contributed by atoms with van der Waals surface area (Å²) in [6.07, 6.45) is 4.55. The molecule has 2 aliphatic rings. The van der Waals surface area contributed by atoms with Crippen LogP contribution in [0, 0.1) is 0 Å². The first kappa shape index (κ1) is 21.5. The summed E-state index contributed by atoms with van der Waals surface area (Å²) in [5.41, 5.74) is 7.36. The molecule has 0 spiro atoms. The SMILES string of the molecule is C[CH]=[Zr]([CH3])([CH3])([CH3])([CH3])([Cl])([Cl])([CH]1C(C)=Cc2ccccc21)[CH]1C(C)=Cc2ccccc21. The Kier molecular flexibility index (Phi) is 2.82. The van der Waals surface area contributed by atoms with Gasteiger partial charge in [-0.2, -0.15) is 0 Å². The van der Waals surface area contributed by atoms with Crippen molar-refractivity contribution in [3.63, 3.8) is 0 Å². The van der Waals surface area contributed by atoms with E-state index in [-0.39, 0.29) is 7.25 Å². The fourth-order valence-corrected chi connectivity index (χ4v) is 41.3. The van der Waals surface area contributed by atoms with Gasteiger partial charge in [-0.3, -0.25) is 0 Å². The molecule has 0 aliphatic heterocycles. The summed E-state index contributed by atoms with van der Waals surface area (Å²) in [7, 11) is 10.5. The Balaban J connectivity index is 2.34. The minimum absolute atomic E-state index is 0.130. The number of rotatable bonds is 2. The van der Waals surface area contributed by atoms with E-state index in [1.807, 2.05) is 0 Å². The Labute approximate surface area is 170 Å². The molecule has 2 atom stereocenters. The van der Waals surface area contributed by atoms with Crippen molar-refractivity contribution in [2.75, 3.05) is 0 Å². The van der Waals surface area contributed by atoms with Gasteiger partial charge in [-0.25, -0.2) is 0 Å². The monoisotopic (exact) mass is 506 g/mol. The maximum absolute atomic E-state index is 8.65. The third-order valence-electron chi connectivity index (χ3n) is 9.41. The molecular weight excluding hydrogens is 474 g/mol. The standard InChI is InChI=1S/2C10H9.C2H4.4CH3.2ClH.Zr/c2*1-8-6-9-4-2-3-5-10(9)7-8;1-2;;;;;;;/h2*2-7H,1H3;1H,2H3;4*1H3;2*1H;/q;;;;;;;;;+2/p-2. The van der Waals surface area contributed by atoms with E-state index >= 15 is 0 Å². The van der Waals surface area contributed by atoms with Crippen LogP contribution in [0.2, 0.25) is 18.5 Å². The third-order valence-corrected chi connectivity index (χ3v) is 46.1. The van der Waals surface area contributed by atoms with Crippen LogP contribution >= 0.6 is 17.0 Å². The van der Waals surface area contributed by atoms with Crippen molar-refractivity contribution in [2.24, 2.45) is 0 Å². The Morgan fingerprint density at radius 3 is 1.38 bits per heavy atom. The van der Waals surface area contributed by atoms with Crippen molar-refractivity contribution in [1.29, 1.82) is 0 Å².